The number of nitrogens with zero attached hydrogens (tertiary/aromatic N) is 3. The van der Waals surface area contributed by atoms with Crippen molar-refractivity contribution in [1.29, 1.82) is 5.26 Å². The quantitative estimate of drug-likeness (QED) is 0.625. The number of aliphatic hydroxyl groups excluding tert-OH is 1. The molecular weight excluding hydrogens is 345 g/mol. The highest BCUT2D eigenvalue weighted by molar-refractivity contribution is 5.52. The lowest BCUT2D eigenvalue weighted by Crippen LogP contribution is -2.23. The van der Waals surface area contributed by atoms with Gasteiger partial charge in [-0.15, -0.1) is 0 Å². The lowest BCUT2D eigenvalue weighted by molar-refractivity contribution is 0.276. The highest BCUT2D eigenvalue weighted by Crippen LogP contribution is 2.25. The first-order chi connectivity index (χ1) is 13.0. The summed E-state index contributed by atoms with van der Waals surface area (Å²) < 4.78 is 14.5. The zero-order valence-corrected chi connectivity index (χ0v) is 15.8. The number of nitrogens with one attached hydrogen (secondary N) is 1. The van der Waals surface area contributed by atoms with E-state index in [-0.39, 0.29) is 30.8 Å². The van der Waals surface area contributed by atoms with E-state index in [0.717, 1.165) is 18.4 Å². The fraction of sp³-hybridized carbons (Fsp3) is 0.450. The highest BCUT2D eigenvalue weighted by atomic mass is 19.1. The van der Waals surface area contributed by atoms with Crippen molar-refractivity contribution in [3.8, 4) is 6.07 Å². The van der Waals surface area contributed by atoms with Gasteiger partial charge in [-0.2, -0.15) is 10.2 Å². The number of aryl methyl sites for hydroxylation is 1. The molecule has 0 fully saturated rings. The third-order valence-corrected chi connectivity index (χ3v) is 4.45. The second kappa shape index (κ2) is 9.83. The lowest BCUT2D eigenvalue weighted by Gasteiger charge is -2.21. The number of hydrogen-bond donors (Lipinski definition) is 3. The van der Waals surface area contributed by atoms with Crippen LogP contribution in [0.5, 0.6) is 0 Å². The molecule has 1 aromatic heterocycles. The lowest BCUT2D eigenvalue weighted by atomic mass is 10.0. The molecule has 6 nitrogen and oxygen atoms in total. The first-order valence-corrected chi connectivity index (χ1v) is 9.13. The summed E-state index contributed by atoms with van der Waals surface area (Å²) in [5.74, 6) is 0.376. The number of nitrogen functional groups attached to an aromatic ring is 1. The smallest absolute Gasteiger partial charge is 0.222 e. The van der Waals surface area contributed by atoms with Crippen LogP contribution < -0.4 is 11.1 Å². The Bertz CT molecular complexity index is 813. The Morgan fingerprint density at radius 2 is 2.11 bits per heavy atom. The Morgan fingerprint density at radius 3 is 2.74 bits per heavy atom. The molecule has 1 heterocycles. The Labute approximate surface area is 159 Å². The fourth-order valence-corrected chi connectivity index (χ4v) is 3.06. The summed E-state index contributed by atoms with van der Waals surface area (Å²) in [6, 6.07) is 6.92. The standard InChI is InChI=1S/C20H26FN5O/c1-3-4-16(8-10-27)25-19-17(13(2)24-20(23)26-19)12-15-6-5-14(7-9-22)11-18(15)21/h5-6,11,16,27H,3-4,7-8,10,12H2,1-2H3,(H3,23,24,25,26). The molecule has 1 atom stereocenters. The van der Waals surface area contributed by atoms with Crippen molar-refractivity contribution in [1.82, 2.24) is 9.97 Å². The number of nitriles is 1. The first kappa shape index (κ1) is 20.6. The molecule has 0 saturated heterocycles. The van der Waals surface area contributed by atoms with E-state index in [4.69, 9.17) is 11.0 Å². The van der Waals surface area contributed by atoms with Gasteiger partial charge in [0.2, 0.25) is 5.95 Å². The average molecular weight is 371 g/mol. The van der Waals surface area contributed by atoms with Crippen molar-refractivity contribution in [2.24, 2.45) is 0 Å². The van der Waals surface area contributed by atoms with E-state index in [9.17, 15) is 9.50 Å². The van der Waals surface area contributed by atoms with Crippen molar-refractivity contribution in [3.05, 3.63) is 46.4 Å². The number of aromatic nitrogens is 2. The summed E-state index contributed by atoms with van der Waals surface area (Å²) in [6.07, 6.45) is 2.91. The second-order valence-corrected chi connectivity index (χ2v) is 6.57. The van der Waals surface area contributed by atoms with Crippen LogP contribution in [0.3, 0.4) is 0 Å². The van der Waals surface area contributed by atoms with E-state index in [1.165, 1.54) is 6.07 Å². The van der Waals surface area contributed by atoms with Crippen molar-refractivity contribution in [2.75, 3.05) is 17.7 Å². The molecular formula is C20H26FN5O. The molecule has 0 bridgehead atoms. The molecule has 0 saturated carbocycles. The van der Waals surface area contributed by atoms with Gasteiger partial charge in [0, 0.05) is 30.3 Å². The van der Waals surface area contributed by atoms with Crippen LogP contribution in [0.1, 0.15) is 48.6 Å². The molecule has 0 radical (unpaired) electrons. The van der Waals surface area contributed by atoms with Crippen molar-refractivity contribution in [3.63, 3.8) is 0 Å². The number of rotatable bonds is 9. The monoisotopic (exact) mass is 371 g/mol. The summed E-state index contributed by atoms with van der Waals surface area (Å²) in [5.41, 5.74) is 8.42. The van der Waals surface area contributed by atoms with Gasteiger partial charge in [-0.25, -0.2) is 9.37 Å². The summed E-state index contributed by atoms with van der Waals surface area (Å²) in [4.78, 5) is 8.54. The molecule has 2 rings (SSSR count). The topological polar surface area (TPSA) is 108 Å². The van der Waals surface area contributed by atoms with Gasteiger partial charge in [0.1, 0.15) is 11.6 Å². The van der Waals surface area contributed by atoms with Gasteiger partial charge < -0.3 is 16.2 Å². The summed E-state index contributed by atoms with van der Waals surface area (Å²) >= 11 is 0. The van der Waals surface area contributed by atoms with E-state index in [0.29, 0.717) is 35.5 Å². The van der Waals surface area contributed by atoms with Crippen LogP contribution in [0.2, 0.25) is 0 Å². The summed E-state index contributed by atoms with van der Waals surface area (Å²) in [6.45, 7) is 3.97. The van der Waals surface area contributed by atoms with Crippen LogP contribution in [0.4, 0.5) is 16.2 Å². The molecule has 1 aromatic carbocycles. The Hall–Kier alpha value is -2.72. The number of hydrogen-bond acceptors (Lipinski definition) is 6. The maximum Gasteiger partial charge on any atom is 0.222 e. The number of nitrogens with two attached hydrogens (primary N) is 1. The molecule has 7 heteroatoms. The van der Waals surface area contributed by atoms with E-state index < -0.39 is 0 Å². The molecule has 0 spiro atoms. The van der Waals surface area contributed by atoms with Crippen molar-refractivity contribution >= 4 is 11.8 Å². The minimum atomic E-state index is -0.356. The first-order valence-electron chi connectivity index (χ1n) is 9.13. The van der Waals surface area contributed by atoms with Gasteiger partial charge >= 0.3 is 0 Å². The van der Waals surface area contributed by atoms with Crippen LogP contribution in [0.15, 0.2) is 18.2 Å². The minimum Gasteiger partial charge on any atom is -0.396 e. The Morgan fingerprint density at radius 1 is 1.33 bits per heavy atom. The zero-order valence-electron chi connectivity index (χ0n) is 15.8. The number of halogens is 1. The molecule has 27 heavy (non-hydrogen) atoms. The molecule has 0 aliphatic carbocycles. The van der Waals surface area contributed by atoms with Crippen molar-refractivity contribution in [2.45, 2.75) is 52.0 Å². The Balaban J connectivity index is 2.34. The predicted molar refractivity (Wildman–Crippen MR) is 104 cm³/mol. The van der Waals surface area contributed by atoms with E-state index >= 15 is 0 Å². The number of anilines is 2. The third kappa shape index (κ3) is 5.63. The highest BCUT2D eigenvalue weighted by Gasteiger charge is 2.17. The van der Waals surface area contributed by atoms with E-state index in [2.05, 4.69) is 22.2 Å². The minimum absolute atomic E-state index is 0.0512. The van der Waals surface area contributed by atoms with Crippen LogP contribution in [0, 0.1) is 24.1 Å². The Kier molecular flexibility index (Phi) is 7.50. The van der Waals surface area contributed by atoms with Crippen LogP contribution in [-0.4, -0.2) is 27.7 Å². The molecule has 0 aliphatic rings. The predicted octanol–water partition coefficient (Wildman–Crippen LogP) is 3.13. The second-order valence-electron chi connectivity index (χ2n) is 6.57. The van der Waals surface area contributed by atoms with Gasteiger partial charge in [0.25, 0.3) is 0 Å². The molecule has 1 unspecified atom stereocenters. The summed E-state index contributed by atoms with van der Waals surface area (Å²) in [5, 5.41) is 21.4. The summed E-state index contributed by atoms with van der Waals surface area (Å²) in [7, 11) is 0. The average Bonchev–Trinajstić information content (AvgIpc) is 2.60. The van der Waals surface area contributed by atoms with Gasteiger partial charge in [0.15, 0.2) is 0 Å². The maximum absolute atomic E-state index is 14.5. The normalized spacial score (nSPS) is 11.8. The van der Waals surface area contributed by atoms with E-state index in [1.54, 1.807) is 12.1 Å². The molecule has 4 N–H and O–H groups in total. The SMILES string of the molecule is CCCC(CCO)Nc1nc(N)nc(C)c1Cc1ccc(CC#N)cc1F. The molecule has 144 valence electrons. The van der Waals surface area contributed by atoms with Gasteiger partial charge in [-0.05, 0) is 37.0 Å². The number of benzene rings is 1. The van der Waals surface area contributed by atoms with Crippen LogP contribution in [-0.2, 0) is 12.8 Å². The van der Waals surface area contributed by atoms with Crippen LogP contribution in [0.25, 0.3) is 0 Å². The largest absolute Gasteiger partial charge is 0.396 e. The fourth-order valence-electron chi connectivity index (χ4n) is 3.06. The number of aliphatic hydroxyl groups is 1. The van der Waals surface area contributed by atoms with Gasteiger partial charge in [-0.1, -0.05) is 25.5 Å². The van der Waals surface area contributed by atoms with E-state index in [1.807, 2.05) is 13.0 Å². The molecule has 0 amide bonds. The molecule has 2 aromatic rings. The maximum atomic E-state index is 14.5. The van der Waals surface area contributed by atoms with Crippen LogP contribution >= 0.6 is 0 Å². The zero-order chi connectivity index (χ0) is 19.8. The van der Waals surface area contributed by atoms with Gasteiger partial charge in [0.05, 0.1) is 12.5 Å². The molecule has 0 aliphatic heterocycles. The van der Waals surface area contributed by atoms with Crippen molar-refractivity contribution < 1.29 is 9.50 Å². The van der Waals surface area contributed by atoms with Gasteiger partial charge in [-0.3, -0.25) is 0 Å². The third-order valence-electron chi connectivity index (χ3n) is 4.45.